The highest BCUT2D eigenvalue weighted by molar-refractivity contribution is 5.98. The zero-order valence-electron chi connectivity index (χ0n) is 17.8. The number of methoxy groups -OCH3 is 2. The molecule has 158 valence electrons. The smallest absolute Gasteiger partial charge is 0.251 e. The molecule has 1 unspecified atom stereocenters. The topological polar surface area (TPSA) is 65.4 Å². The van der Waals surface area contributed by atoms with Gasteiger partial charge < -0.3 is 14.8 Å². The molecule has 4 aromatic rings. The predicted octanol–water partition coefficient (Wildman–Crippen LogP) is 4.59. The Morgan fingerprint density at radius 3 is 2.52 bits per heavy atom. The summed E-state index contributed by atoms with van der Waals surface area (Å²) in [4.78, 5) is 12.9. The second-order valence-electron chi connectivity index (χ2n) is 7.40. The number of benzene rings is 3. The Labute approximate surface area is 181 Å². The van der Waals surface area contributed by atoms with E-state index in [1.54, 1.807) is 14.2 Å². The lowest BCUT2D eigenvalue weighted by atomic mass is 10.1. The first-order valence-electron chi connectivity index (χ1n) is 10.1. The van der Waals surface area contributed by atoms with Gasteiger partial charge in [0.2, 0.25) is 0 Å². The number of hydrogen-bond acceptors (Lipinski definition) is 4. The van der Waals surface area contributed by atoms with E-state index < -0.39 is 0 Å². The van der Waals surface area contributed by atoms with Crippen molar-refractivity contribution in [3.05, 3.63) is 89.6 Å². The van der Waals surface area contributed by atoms with Gasteiger partial charge in [0.25, 0.3) is 5.91 Å². The van der Waals surface area contributed by atoms with E-state index in [0.29, 0.717) is 12.1 Å². The van der Waals surface area contributed by atoms with Crippen molar-refractivity contribution in [3.63, 3.8) is 0 Å². The third kappa shape index (κ3) is 4.53. The molecular formula is C25H25N3O3. The molecule has 0 radical (unpaired) electrons. The first-order chi connectivity index (χ1) is 15.1. The van der Waals surface area contributed by atoms with Crippen molar-refractivity contribution in [3.8, 4) is 11.5 Å². The van der Waals surface area contributed by atoms with Gasteiger partial charge in [0.15, 0.2) is 0 Å². The minimum Gasteiger partial charge on any atom is -0.497 e. The third-order valence-corrected chi connectivity index (χ3v) is 5.31. The van der Waals surface area contributed by atoms with Gasteiger partial charge in [-0.25, -0.2) is 0 Å². The maximum atomic E-state index is 12.9. The minimum atomic E-state index is -0.153. The molecule has 0 aliphatic rings. The molecule has 0 bridgehead atoms. The van der Waals surface area contributed by atoms with Gasteiger partial charge in [0.05, 0.1) is 38.5 Å². The van der Waals surface area contributed by atoms with Gasteiger partial charge >= 0.3 is 0 Å². The van der Waals surface area contributed by atoms with Crippen LogP contribution in [-0.2, 0) is 6.54 Å². The molecular weight excluding hydrogens is 390 g/mol. The zero-order chi connectivity index (χ0) is 21.8. The van der Waals surface area contributed by atoms with Gasteiger partial charge in [-0.3, -0.25) is 9.48 Å². The Kier molecular flexibility index (Phi) is 5.89. The van der Waals surface area contributed by atoms with Crippen molar-refractivity contribution < 1.29 is 14.3 Å². The van der Waals surface area contributed by atoms with Crippen LogP contribution in [0.25, 0.3) is 10.9 Å². The number of amides is 1. The van der Waals surface area contributed by atoms with E-state index >= 15 is 0 Å². The van der Waals surface area contributed by atoms with Crippen molar-refractivity contribution in [1.29, 1.82) is 0 Å². The van der Waals surface area contributed by atoms with Crippen molar-refractivity contribution in [2.45, 2.75) is 19.5 Å². The minimum absolute atomic E-state index is 0.133. The number of rotatable bonds is 7. The molecule has 6 heteroatoms. The molecule has 6 nitrogen and oxygen atoms in total. The van der Waals surface area contributed by atoms with E-state index in [9.17, 15) is 4.79 Å². The van der Waals surface area contributed by atoms with Crippen LogP contribution in [0.5, 0.6) is 11.5 Å². The van der Waals surface area contributed by atoms with Crippen LogP contribution in [-0.4, -0.2) is 29.9 Å². The van der Waals surface area contributed by atoms with Crippen LogP contribution >= 0.6 is 0 Å². The van der Waals surface area contributed by atoms with Crippen LogP contribution in [0.3, 0.4) is 0 Å². The summed E-state index contributed by atoms with van der Waals surface area (Å²) in [6.45, 7) is 2.55. The van der Waals surface area contributed by atoms with Crippen LogP contribution in [0, 0.1) is 0 Å². The standard InChI is InChI=1S/C25H25N3O3/c1-17(19-7-5-9-23(13-19)31-3)27-25(29)20-10-11-21-15-26-28(24(21)14-20)16-18-6-4-8-22(12-18)30-2/h4-15,17H,16H2,1-3H3,(H,27,29). The maximum Gasteiger partial charge on any atom is 0.251 e. The molecule has 0 saturated heterocycles. The number of nitrogens with one attached hydrogen (secondary N) is 1. The highest BCUT2D eigenvalue weighted by Crippen LogP contribution is 2.21. The van der Waals surface area contributed by atoms with Crippen molar-refractivity contribution in [1.82, 2.24) is 15.1 Å². The molecule has 4 rings (SSSR count). The fourth-order valence-electron chi connectivity index (χ4n) is 3.56. The van der Waals surface area contributed by atoms with E-state index in [1.165, 1.54) is 0 Å². The number of carbonyl (C=O) groups is 1. The average molecular weight is 415 g/mol. The Morgan fingerprint density at radius 1 is 1.00 bits per heavy atom. The monoisotopic (exact) mass is 415 g/mol. The fraction of sp³-hybridized carbons (Fsp3) is 0.200. The summed E-state index contributed by atoms with van der Waals surface area (Å²) in [5.41, 5.74) is 3.56. The average Bonchev–Trinajstić information content (AvgIpc) is 3.21. The second-order valence-corrected chi connectivity index (χ2v) is 7.40. The van der Waals surface area contributed by atoms with Crippen LogP contribution in [0.1, 0.15) is 34.5 Å². The number of nitrogens with zero attached hydrogens (tertiary/aromatic N) is 2. The molecule has 0 saturated carbocycles. The first-order valence-corrected chi connectivity index (χ1v) is 10.1. The number of carbonyl (C=O) groups excluding carboxylic acids is 1. The normalized spacial score (nSPS) is 11.8. The van der Waals surface area contributed by atoms with Gasteiger partial charge in [-0.2, -0.15) is 5.10 Å². The number of hydrogen-bond donors (Lipinski definition) is 1. The molecule has 0 spiro atoms. The Bertz CT molecular complexity index is 1220. The largest absolute Gasteiger partial charge is 0.497 e. The zero-order valence-corrected chi connectivity index (χ0v) is 17.8. The molecule has 1 atom stereocenters. The second kappa shape index (κ2) is 8.92. The fourth-order valence-corrected chi connectivity index (χ4v) is 3.56. The third-order valence-electron chi connectivity index (χ3n) is 5.31. The molecule has 1 N–H and O–H groups in total. The van der Waals surface area contributed by atoms with Crippen LogP contribution < -0.4 is 14.8 Å². The summed E-state index contributed by atoms with van der Waals surface area (Å²) in [6, 6.07) is 21.1. The quantitative estimate of drug-likeness (QED) is 0.479. The van der Waals surface area contributed by atoms with E-state index in [0.717, 1.165) is 33.5 Å². The van der Waals surface area contributed by atoms with Crippen molar-refractivity contribution in [2.75, 3.05) is 14.2 Å². The van der Waals surface area contributed by atoms with E-state index in [2.05, 4.69) is 10.4 Å². The van der Waals surface area contributed by atoms with E-state index in [-0.39, 0.29) is 11.9 Å². The molecule has 1 aromatic heterocycles. The summed E-state index contributed by atoms with van der Waals surface area (Å²) in [7, 11) is 3.28. The Morgan fingerprint density at radius 2 is 1.74 bits per heavy atom. The number of fused-ring (bicyclic) bond motifs is 1. The SMILES string of the molecule is COc1cccc(Cn2ncc3ccc(C(=O)NC(C)c4cccc(OC)c4)cc32)c1. The van der Waals surface area contributed by atoms with Crippen LogP contribution in [0.2, 0.25) is 0 Å². The molecule has 0 aliphatic carbocycles. The van der Waals surface area contributed by atoms with E-state index in [1.807, 2.05) is 84.5 Å². The first kappa shape index (κ1) is 20.5. The highest BCUT2D eigenvalue weighted by atomic mass is 16.5. The van der Waals surface area contributed by atoms with Crippen LogP contribution in [0.15, 0.2) is 72.9 Å². The summed E-state index contributed by atoms with van der Waals surface area (Å²) >= 11 is 0. The van der Waals surface area contributed by atoms with Crippen LogP contribution in [0.4, 0.5) is 0 Å². The molecule has 31 heavy (non-hydrogen) atoms. The lowest BCUT2D eigenvalue weighted by Crippen LogP contribution is -2.26. The molecule has 1 heterocycles. The predicted molar refractivity (Wildman–Crippen MR) is 121 cm³/mol. The Balaban J connectivity index is 1.55. The summed E-state index contributed by atoms with van der Waals surface area (Å²) in [5, 5.41) is 8.55. The van der Waals surface area contributed by atoms with Gasteiger partial charge in [-0.1, -0.05) is 30.3 Å². The summed E-state index contributed by atoms with van der Waals surface area (Å²) < 4.78 is 12.5. The van der Waals surface area contributed by atoms with Gasteiger partial charge in [-0.05, 0) is 54.4 Å². The van der Waals surface area contributed by atoms with E-state index in [4.69, 9.17) is 9.47 Å². The van der Waals surface area contributed by atoms with Gasteiger partial charge in [-0.15, -0.1) is 0 Å². The molecule has 0 aliphatic heterocycles. The number of ether oxygens (including phenoxy) is 2. The lowest BCUT2D eigenvalue weighted by molar-refractivity contribution is 0.0940. The maximum absolute atomic E-state index is 12.9. The summed E-state index contributed by atoms with van der Waals surface area (Å²) in [6.07, 6.45) is 1.82. The lowest BCUT2D eigenvalue weighted by Gasteiger charge is -2.15. The highest BCUT2D eigenvalue weighted by Gasteiger charge is 2.14. The van der Waals surface area contributed by atoms with Gasteiger partial charge in [0, 0.05) is 10.9 Å². The molecule has 0 fully saturated rings. The molecule has 3 aromatic carbocycles. The van der Waals surface area contributed by atoms with Crippen molar-refractivity contribution in [2.24, 2.45) is 0 Å². The molecule has 1 amide bonds. The van der Waals surface area contributed by atoms with Crippen molar-refractivity contribution >= 4 is 16.8 Å². The van der Waals surface area contributed by atoms with Gasteiger partial charge in [0.1, 0.15) is 11.5 Å². The summed E-state index contributed by atoms with van der Waals surface area (Å²) in [5.74, 6) is 1.44. The Hall–Kier alpha value is -3.80. The number of aromatic nitrogens is 2.